The number of carbonyl (C=O) groups excluding carboxylic acids is 2. The molecule has 0 radical (unpaired) electrons. The first-order valence-corrected chi connectivity index (χ1v) is 8.37. The van der Waals surface area contributed by atoms with Crippen molar-refractivity contribution < 1.29 is 14.3 Å². The molecule has 0 saturated carbocycles. The quantitative estimate of drug-likeness (QED) is 0.651. The number of nitrogens with one attached hydrogen (secondary N) is 1. The van der Waals surface area contributed by atoms with E-state index >= 15 is 0 Å². The molecule has 0 heterocycles. The van der Waals surface area contributed by atoms with Gasteiger partial charge in [0.05, 0.1) is 5.56 Å². The lowest BCUT2D eigenvalue weighted by molar-refractivity contribution is 0.0472. The van der Waals surface area contributed by atoms with Gasteiger partial charge in [-0.1, -0.05) is 41.9 Å². The molecule has 0 aromatic heterocycles. The van der Waals surface area contributed by atoms with Gasteiger partial charge in [-0.05, 0) is 54.1 Å². The Hall–Kier alpha value is -3.11. The first-order valence-electron chi connectivity index (χ1n) is 8.00. The molecular weight excluding hydrogens is 350 g/mol. The van der Waals surface area contributed by atoms with E-state index in [2.05, 4.69) is 5.32 Å². The Morgan fingerprint density at radius 1 is 0.808 bits per heavy atom. The Morgan fingerprint density at radius 2 is 1.46 bits per heavy atom. The average molecular weight is 366 g/mol. The number of halogens is 1. The van der Waals surface area contributed by atoms with Crippen LogP contribution in [0, 0.1) is 0 Å². The maximum Gasteiger partial charge on any atom is 0.338 e. The normalized spacial score (nSPS) is 10.2. The van der Waals surface area contributed by atoms with Crippen molar-refractivity contribution in [2.45, 2.75) is 6.61 Å². The summed E-state index contributed by atoms with van der Waals surface area (Å²) in [6.07, 6.45) is 0. The Labute approximate surface area is 156 Å². The number of anilines is 1. The fourth-order valence-corrected chi connectivity index (χ4v) is 2.42. The zero-order chi connectivity index (χ0) is 18.4. The highest BCUT2D eigenvalue weighted by molar-refractivity contribution is 6.30. The van der Waals surface area contributed by atoms with Gasteiger partial charge in [0.1, 0.15) is 6.61 Å². The van der Waals surface area contributed by atoms with Crippen molar-refractivity contribution in [3.8, 4) is 0 Å². The van der Waals surface area contributed by atoms with Gasteiger partial charge in [-0.2, -0.15) is 0 Å². The Kier molecular flexibility index (Phi) is 5.66. The Morgan fingerprint density at radius 3 is 2.12 bits per heavy atom. The molecule has 4 nitrogen and oxygen atoms in total. The van der Waals surface area contributed by atoms with Gasteiger partial charge in [-0.15, -0.1) is 0 Å². The van der Waals surface area contributed by atoms with Crippen molar-refractivity contribution in [2.24, 2.45) is 0 Å². The molecule has 130 valence electrons. The van der Waals surface area contributed by atoms with Crippen LogP contribution < -0.4 is 5.32 Å². The van der Waals surface area contributed by atoms with Crippen molar-refractivity contribution in [1.29, 1.82) is 0 Å². The second kappa shape index (κ2) is 8.32. The molecule has 0 aliphatic rings. The van der Waals surface area contributed by atoms with E-state index in [9.17, 15) is 9.59 Å². The summed E-state index contributed by atoms with van der Waals surface area (Å²) in [7, 11) is 0. The van der Waals surface area contributed by atoms with E-state index < -0.39 is 5.97 Å². The minimum atomic E-state index is -0.430. The molecule has 5 heteroatoms. The highest BCUT2D eigenvalue weighted by Gasteiger charge is 2.09. The molecule has 3 aromatic rings. The molecule has 0 fully saturated rings. The van der Waals surface area contributed by atoms with Gasteiger partial charge >= 0.3 is 5.97 Å². The number of hydrogen-bond acceptors (Lipinski definition) is 3. The maximum atomic E-state index is 12.1. The maximum absolute atomic E-state index is 12.1. The summed E-state index contributed by atoms with van der Waals surface area (Å²) in [5.74, 6) is -0.635. The molecule has 1 amide bonds. The lowest BCUT2D eigenvalue weighted by Gasteiger charge is -2.07. The minimum Gasteiger partial charge on any atom is -0.457 e. The number of esters is 1. The van der Waals surface area contributed by atoms with Crippen LogP contribution in [0.25, 0.3) is 0 Å². The number of hydrogen-bond donors (Lipinski definition) is 1. The molecule has 3 rings (SSSR count). The molecule has 1 N–H and O–H groups in total. The van der Waals surface area contributed by atoms with Gasteiger partial charge in [0.2, 0.25) is 0 Å². The van der Waals surface area contributed by atoms with Crippen LogP contribution in [0.4, 0.5) is 5.69 Å². The van der Waals surface area contributed by atoms with Gasteiger partial charge in [0.25, 0.3) is 5.91 Å². The lowest BCUT2D eigenvalue weighted by Crippen LogP contribution is -2.12. The fraction of sp³-hybridized carbons (Fsp3) is 0.0476. The molecule has 0 aliphatic carbocycles. The van der Waals surface area contributed by atoms with Crippen LogP contribution in [0.2, 0.25) is 5.02 Å². The summed E-state index contributed by atoms with van der Waals surface area (Å²) in [4.78, 5) is 24.2. The minimum absolute atomic E-state index is 0.169. The molecule has 26 heavy (non-hydrogen) atoms. The molecular formula is C21H16ClNO3. The van der Waals surface area contributed by atoms with Gasteiger partial charge in [-0.3, -0.25) is 4.79 Å². The first kappa shape index (κ1) is 17.7. The smallest absolute Gasteiger partial charge is 0.338 e. The fourth-order valence-electron chi connectivity index (χ4n) is 2.30. The summed E-state index contributed by atoms with van der Waals surface area (Å²) in [6.45, 7) is 0.169. The SMILES string of the molecule is O=C(Nc1ccc(C(=O)OCc2ccc(Cl)cc2)cc1)c1ccccc1. The number of benzene rings is 3. The predicted octanol–water partition coefficient (Wildman–Crippen LogP) is 4.95. The highest BCUT2D eigenvalue weighted by atomic mass is 35.5. The van der Waals surface area contributed by atoms with Crippen LogP contribution in [0.15, 0.2) is 78.9 Å². The molecule has 0 atom stereocenters. The largest absolute Gasteiger partial charge is 0.457 e. The first-order chi connectivity index (χ1) is 12.6. The Balaban J connectivity index is 1.57. The summed E-state index contributed by atoms with van der Waals surface area (Å²) < 4.78 is 5.27. The third-order valence-electron chi connectivity index (χ3n) is 3.70. The third kappa shape index (κ3) is 4.71. The van der Waals surface area contributed by atoms with E-state index in [0.717, 1.165) is 5.56 Å². The number of rotatable bonds is 5. The summed E-state index contributed by atoms with van der Waals surface area (Å²) in [6, 6.07) is 22.6. The van der Waals surface area contributed by atoms with Crippen LogP contribution in [-0.4, -0.2) is 11.9 Å². The molecule has 0 aliphatic heterocycles. The predicted molar refractivity (Wildman–Crippen MR) is 101 cm³/mol. The second-order valence-corrected chi connectivity index (χ2v) is 6.04. The molecule has 0 unspecified atom stereocenters. The van der Waals surface area contributed by atoms with Crippen LogP contribution in [0.3, 0.4) is 0 Å². The van der Waals surface area contributed by atoms with Crippen LogP contribution >= 0.6 is 11.6 Å². The standard InChI is InChI=1S/C21H16ClNO3/c22-18-10-6-15(7-11-18)14-26-21(25)17-8-12-19(13-9-17)23-20(24)16-4-2-1-3-5-16/h1-13H,14H2,(H,23,24). The van der Waals surface area contributed by atoms with Crippen LogP contribution in [0.5, 0.6) is 0 Å². The monoisotopic (exact) mass is 365 g/mol. The van der Waals surface area contributed by atoms with Crippen molar-refractivity contribution in [1.82, 2.24) is 0 Å². The number of amides is 1. The van der Waals surface area contributed by atoms with E-state index in [1.165, 1.54) is 0 Å². The van der Waals surface area contributed by atoms with E-state index in [1.54, 1.807) is 72.8 Å². The molecule has 0 bridgehead atoms. The summed E-state index contributed by atoms with van der Waals surface area (Å²) in [5, 5.41) is 3.42. The zero-order valence-electron chi connectivity index (χ0n) is 13.8. The van der Waals surface area contributed by atoms with E-state index in [1.807, 2.05) is 6.07 Å². The van der Waals surface area contributed by atoms with Crippen LogP contribution in [0.1, 0.15) is 26.3 Å². The van der Waals surface area contributed by atoms with Crippen LogP contribution in [-0.2, 0) is 11.3 Å². The number of carbonyl (C=O) groups is 2. The van der Waals surface area contributed by atoms with Crippen molar-refractivity contribution >= 4 is 29.2 Å². The second-order valence-electron chi connectivity index (χ2n) is 5.60. The number of ether oxygens (including phenoxy) is 1. The average Bonchev–Trinajstić information content (AvgIpc) is 2.68. The lowest BCUT2D eigenvalue weighted by atomic mass is 10.2. The summed E-state index contributed by atoms with van der Waals surface area (Å²) in [5.41, 5.74) is 2.44. The van der Waals surface area contributed by atoms with E-state index in [0.29, 0.717) is 21.8 Å². The third-order valence-corrected chi connectivity index (χ3v) is 3.95. The summed E-state index contributed by atoms with van der Waals surface area (Å²) >= 11 is 5.82. The topological polar surface area (TPSA) is 55.4 Å². The Bertz CT molecular complexity index is 891. The molecule has 0 spiro atoms. The van der Waals surface area contributed by atoms with Crippen molar-refractivity contribution in [3.63, 3.8) is 0 Å². The van der Waals surface area contributed by atoms with Gasteiger partial charge in [0.15, 0.2) is 0 Å². The molecule has 3 aromatic carbocycles. The van der Waals surface area contributed by atoms with Gasteiger partial charge in [0, 0.05) is 16.3 Å². The van der Waals surface area contributed by atoms with E-state index in [4.69, 9.17) is 16.3 Å². The highest BCUT2D eigenvalue weighted by Crippen LogP contribution is 2.14. The van der Waals surface area contributed by atoms with Crippen molar-refractivity contribution in [3.05, 3.63) is 101 Å². The zero-order valence-corrected chi connectivity index (χ0v) is 14.6. The van der Waals surface area contributed by atoms with Gasteiger partial charge in [-0.25, -0.2) is 4.79 Å². The van der Waals surface area contributed by atoms with E-state index in [-0.39, 0.29) is 12.5 Å². The van der Waals surface area contributed by atoms with Gasteiger partial charge < -0.3 is 10.1 Å². The van der Waals surface area contributed by atoms with Crippen molar-refractivity contribution in [2.75, 3.05) is 5.32 Å². The molecule has 0 saturated heterocycles.